The van der Waals surface area contributed by atoms with Gasteiger partial charge in [-0.05, 0) is 31.1 Å². The largest absolute Gasteiger partial charge is 0.479 e. The Hall–Kier alpha value is -2.58. The smallest absolute Gasteiger partial charge is 0.330 e. The van der Waals surface area contributed by atoms with Gasteiger partial charge in [-0.3, -0.25) is 9.59 Å². The molecular weight excluding hydrogens is 388 g/mol. The lowest BCUT2D eigenvalue weighted by Crippen LogP contribution is -2.55. The lowest BCUT2D eigenvalue weighted by atomic mass is 9.85. The van der Waals surface area contributed by atoms with Crippen LogP contribution in [0.3, 0.4) is 0 Å². The van der Waals surface area contributed by atoms with Crippen molar-refractivity contribution in [2.24, 2.45) is 11.3 Å². The molecule has 1 heterocycles. The number of aliphatic carboxylic acids is 1. The first-order chi connectivity index (χ1) is 14.0. The first-order valence-electron chi connectivity index (χ1n) is 10.5. The van der Waals surface area contributed by atoms with Gasteiger partial charge in [0.1, 0.15) is 11.6 Å². The van der Waals surface area contributed by atoms with E-state index in [0.29, 0.717) is 25.8 Å². The molecule has 0 aromatic carbocycles. The van der Waals surface area contributed by atoms with E-state index < -0.39 is 29.5 Å². The van der Waals surface area contributed by atoms with E-state index in [1.165, 1.54) is 11.0 Å². The van der Waals surface area contributed by atoms with Crippen molar-refractivity contribution >= 4 is 23.8 Å². The zero-order valence-electron chi connectivity index (χ0n) is 18.3. The van der Waals surface area contributed by atoms with Gasteiger partial charge in [-0.15, -0.1) is 6.58 Å². The molecule has 2 unspecified atom stereocenters. The van der Waals surface area contributed by atoms with Crippen LogP contribution in [0.2, 0.25) is 0 Å². The molecule has 2 fully saturated rings. The summed E-state index contributed by atoms with van der Waals surface area (Å²) < 4.78 is 0. The van der Waals surface area contributed by atoms with Gasteiger partial charge in [-0.2, -0.15) is 0 Å². The highest BCUT2D eigenvalue weighted by Crippen LogP contribution is 2.44. The van der Waals surface area contributed by atoms with Crippen molar-refractivity contribution in [1.82, 2.24) is 20.9 Å². The minimum Gasteiger partial charge on any atom is -0.479 e. The Morgan fingerprint density at radius 3 is 2.47 bits per heavy atom. The molecule has 2 rings (SSSR count). The van der Waals surface area contributed by atoms with E-state index in [4.69, 9.17) is 0 Å². The zero-order chi connectivity index (χ0) is 22.7. The highest BCUT2D eigenvalue weighted by atomic mass is 16.4. The van der Waals surface area contributed by atoms with Crippen LogP contribution in [-0.4, -0.2) is 64.5 Å². The average molecular weight is 423 g/mol. The highest BCUT2D eigenvalue weighted by molar-refractivity contribution is 5.95. The summed E-state index contributed by atoms with van der Waals surface area (Å²) in [5.41, 5.74) is -1.43. The normalized spacial score (nSPS) is 26.5. The number of hydrogen-bond acceptors (Lipinski definition) is 4. The summed E-state index contributed by atoms with van der Waals surface area (Å²) in [6, 6.07) is -1.20. The van der Waals surface area contributed by atoms with E-state index in [1.54, 1.807) is 0 Å². The highest BCUT2D eigenvalue weighted by Gasteiger charge is 2.61. The minimum absolute atomic E-state index is 0.0403. The molecule has 0 radical (unpaired) electrons. The third kappa shape index (κ3) is 5.12. The third-order valence-corrected chi connectivity index (χ3v) is 6.06. The molecule has 1 saturated carbocycles. The second-order valence-corrected chi connectivity index (χ2v) is 9.21. The van der Waals surface area contributed by atoms with Gasteiger partial charge in [0.15, 0.2) is 0 Å². The Kier molecular flexibility index (Phi) is 7.15. The number of hydrogen-bond donors (Lipinski definition) is 4. The van der Waals surface area contributed by atoms with E-state index in [1.807, 2.05) is 27.7 Å². The maximum Gasteiger partial charge on any atom is 0.330 e. The molecule has 2 aliphatic rings. The lowest BCUT2D eigenvalue weighted by molar-refractivity contribution is -0.145. The van der Waals surface area contributed by atoms with Crippen LogP contribution < -0.4 is 16.0 Å². The second kappa shape index (κ2) is 9.06. The van der Waals surface area contributed by atoms with E-state index in [2.05, 4.69) is 22.5 Å². The number of nitrogens with zero attached hydrogens (tertiary/aromatic N) is 1. The molecule has 1 aliphatic heterocycles. The van der Waals surface area contributed by atoms with E-state index in [-0.39, 0.29) is 29.8 Å². The monoisotopic (exact) mass is 422 g/mol. The molecule has 9 nitrogen and oxygen atoms in total. The molecule has 4 amide bonds. The Balaban J connectivity index is 1.91. The van der Waals surface area contributed by atoms with Crippen molar-refractivity contribution in [3.8, 4) is 0 Å². The van der Waals surface area contributed by atoms with Crippen LogP contribution in [0.1, 0.15) is 53.4 Å². The van der Waals surface area contributed by atoms with Crippen molar-refractivity contribution in [3.05, 3.63) is 12.7 Å². The van der Waals surface area contributed by atoms with Gasteiger partial charge in [0.25, 0.3) is 0 Å². The molecule has 1 saturated heterocycles. The SMILES string of the molecule is C=CC1C[C@]1(NC(=O)[C@@H]1CCCN1C(=O)CNC(=O)NC(CC)C(C)(C)C)C(=O)O. The molecule has 168 valence electrons. The number of amides is 4. The van der Waals surface area contributed by atoms with Crippen LogP contribution in [0.4, 0.5) is 4.79 Å². The summed E-state index contributed by atoms with van der Waals surface area (Å²) in [6.45, 7) is 11.8. The summed E-state index contributed by atoms with van der Waals surface area (Å²) in [5, 5.41) is 17.5. The van der Waals surface area contributed by atoms with Crippen molar-refractivity contribution in [1.29, 1.82) is 0 Å². The predicted octanol–water partition coefficient (Wildman–Crippen LogP) is 1.25. The van der Waals surface area contributed by atoms with Crippen molar-refractivity contribution in [2.75, 3.05) is 13.1 Å². The number of carbonyl (C=O) groups excluding carboxylic acids is 3. The van der Waals surface area contributed by atoms with Gasteiger partial charge in [0, 0.05) is 18.5 Å². The van der Waals surface area contributed by atoms with Crippen LogP contribution in [-0.2, 0) is 14.4 Å². The van der Waals surface area contributed by atoms with Crippen molar-refractivity contribution in [2.45, 2.75) is 71.0 Å². The average Bonchev–Trinajstić information content (AvgIpc) is 3.16. The van der Waals surface area contributed by atoms with Crippen LogP contribution >= 0.6 is 0 Å². The van der Waals surface area contributed by atoms with E-state index in [0.717, 1.165) is 6.42 Å². The molecule has 30 heavy (non-hydrogen) atoms. The standard InChI is InChI=1S/C21H34N4O5/c1-6-13-11-21(13,18(28)29)24-17(27)14-9-8-10-25(14)16(26)12-22-19(30)23-15(7-2)20(3,4)5/h6,13-15H,1,7-12H2,2-5H3,(H,24,27)(H,28,29)(H2,22,23,30)/t13?,14-,15?,21+/m0/s1. The van der Waals surface area contributed by atoms with Gasteiger partial charge in [-0.25, -0.2) is 9.59 Å². The maximum absolute atomic E-state index is 12.7. The number of carboxylic acid groups (broad SMARTS) is 1. The molecule has 0 aromatic rings. The molecular formula is C21H34N4O5. The molecule has 1 aliphatic carbocycles. The van der Waals surface area contributed by atoms with Crippen molar-refractivity contribution < 1.29 is 24.3 Å². The first-order valence-corrected chi connectivity index (χ1v) is 10.5. The Bertz CT molecular complexity index is 717. The number of carbonyl (C=O) groups is 4. The summed E-state index contributed by atoms with van der Waals surface area (Å²) in [6.07, 6.45) is 3.68. The lowest BCUT2D eigenvalue weighted by Gasteiger charge is -2.31. The van der Waals surface area contributed by atoms with Gasteiger partial charge in [0.05, 0.1) is 6.54 Å². The Morgan fingerprint density at radius 2 is 1.97 bits per heavy atom. The third-order valence-electron chi connectivity index (χ3n) is 6.06. The molecule has 9 heteroatoms. The van der Waals surface area contributed by atoms with Gasteiger partial charge < -0.3 is 26.0 Å². The topological polar surface area (TPSA) is 128 Å². The summed E-state index contributed by atoms with van der Waals surface area (Å²) in [7, 11) is 0. The van der Waals surface area contributed by atoms with Crippen molar-refractivity contribution in [3.63, 3.8) is 0 Å². The van der Waals surface area contributed by atoms with Gasteiger partial charge in [0.2, 0.25) is 11.8 Å². The minimum atomic E-state index is -1.32. The van der Waals surface area contributed by atoms with Crippen LogP contribution in [0, 0.1) is 11.3 Å². The molecule has 0 aromatic heterocycles. The fourth-order valence-corrected chi connectivity index (χ4v) is 4.05. The fourth-order valence-electron chi connectivity index (χ4n) is 4.05. The Labute approximate surface area is 177 Å². The number of urea groups is 1. The van der Waals surface area contributed by atoms with Crippen LogP contribution in [0.5, 0.6) is 0 Å². The number of nitrogens with one attached hydrogen (secondary N) is 3. The van der Waals surface area contributed by atoms with Gasteiger partial charge in [-0.1, -0.05) is 33.8 Å². The molecule has 4 N–H and O–H groups in total. The second-order valence-electron chi connectivity index (χ2n) is 9.21. The first kappa shape index (κ1) is 23.7. The summed E-state index contributed by atoms with van der Waals surface area (Å²) >= 11 is 0. The summed E-state index contributed by atoms with van der Waals surface area (Å²) in [4.78, 5) is 50.5. The predicted molar refractivity (Wildman–Crippen MR) is 112 cm³/mol. The fraction of sp³-hybridized carbons (Fsp3) is 0.714. The van der Waals surface area contributed by atoms with E-state index >= 15 is 0 Å². The van der Waals surface area contributed by atoms with Gasteiger partial charge >= 0.3 is 12.0 Å². The Morgan fingerprint density at radius 1 is 1.30 bits per heavy atom. The number of carboxylic acids is 1. The maximum atomic E-state index is 12.7. The van der Waals surface area contributed by atoms with Crippen LogP contribution in [0.15, 0.2) is 12.7 Å². The molecule has 0 bridgehead atoms. The quantitative estimate of drug-likeness (QED) is 0.438. The van der Waals surface area contributed by atoms with Crippen LogP contribution in [0.25, 0.3) is 0 Å². The molecule has 0 spiro atoms. The summed E-state index contributed by atoms with van der Waals surface area (Å²) in [5.74, 6) is -2.26. The van der Waals surface area contributed by atoms with E-state index in [9.17, 15) is 24.3 Å². The number of rotatable bonds is 8. The molecule has 4 atom stereocenters. The zero-order valence-corrected chi connectivity index (χ0v) is 18.3. The number of likely N-dealkylation sites (tertiary alicyclic amines) is 1.